The molecule has 1 aliphatic rings. The lowest BCUT2D eigenvalue weighted by Gasteiger charge is -2.19. The number of aryl methyl sites for hydroxylation is 1. The lowest BCUT2D eigenvalue weighted by molar-refractivity contribution is 0.0990. The van der Waals surface area contributed by atoms with E-state index in [1.807, 2.05) is 6.07 Å². The summed E-state index contributed by atoms with van der Waals surface area (Å²) in [7, 11) is 0. The first-order valence-corrected chi connectivity index (χ1v) is 15.0. The fraction of sp³-hybridized carbons (Fsp3) is 0.263. The molecule has 5 heteroatoms. The van der Waals surface area contributed by atoms with Crippen LogP contribution in [0.4, 0.5) is 0 Å². The summed E-state index contributed by atoms with van der Waals surface area (Å²) in [5.74, 6) is 0.284. The Morgan fingerprint density at radius 1 is 0.698 bits per heavy atom. The highest BCUT2D eigenvalue weighted by Crippen LogP contribution is 2.39. The van der Waals surface area contributed by atoms with Crippen LogP contribution in [-0.4, -0.2) is 20.7 Å². The number of Topliss-reactive ketones (excluding diaryl/α,β-unsaturated/α-hetero) is 2. The number of benzene rings is 3. The van der Waals surface area contributed by atoms with E-state index in [1.54, 1.807) is 30.3 Å². The number of fused-ring (bicyclic) bond motifs is 5. The Labute approximate surface area is 251 Å². The molecule has 0 fully saturated rings. The van der Waals surface area contributed by atoms with E-state index in [0.717, 1.165) is 28.1 Å². The van der Waals surface area contributed by atoms with Crippen LogP contribution in [0.5, 0.6) is 0 Å². The standard InChI is InChI=1S/C38H36N2O3/c1-8-39-24(19-29-35(41)25-11-9-10-12-26(25)36(29)42)20-33-32(39)21-34(43-33)40-30-15-13-22(37(2,3)4)17-27(30)28-18-23(38(5,6)7)14-16-31(28)40/h9-21H,8H2,1-7H3. The summed E-state index contributed by atoms with van der Waals surface area (Å²) in [6.45, 7) is 16.2. The van der Waals surface area contributed by atoms with E-state index in [0.29, 0.717) is 23.3 Å². The number of nitrogens with zero attached hydrogens (tertiary/aromatic N) is 2. The van der Waals surface area contributed by atoms with Gasteiger partial charge in [0.15, 0.2) is 17.1 Å². The van der Waals surface area contributed by atoms with E-state index < -0.39 is 0 Å². The number of hydrogen-bond acceptors (Lipinski definition) is 3. The van der Waals surface area contributed by atoms with Gasteiger partial charge in [-0.2, -0.15) is 0 Å². The van der Waals surface area contributed by atoms with Gasteiger partial charge in [0.05, 0.1) is 22.1 Å². The molecule has 1 aliphatic carbocycles. The molecule has 0 radical (unpaired) electrons. The molecule has 0 atom stereocenters. The van der Waals surface area contributed by atoms with Crippen LogP contribution in [-0.2, 0) is 17.4 Å². The summed E-state index contributed by atoms with van der Waals surface area (Å²) >= 11 is 0. The van der Waals surface area contributed by atoms with Gasteiger partial charge in [-0.3, -0.25) is 14.2 Å². The molecule has 0 spiro atoms. The maximum absolute atomic E-state index is 13.1. The molecule has 7 rings (SSSR count). The zero-order valence-corrected chi connectivity index (χ0v) is 25.8. The number of carbonyl (C=O) groups excluding carboxylic acids is 2. The minimum atomic E-state index is -0.226. The van der Waals surface area contributed by atoms with Gasteiger partial charge in [-0.15, -0.1) is 0 Å². The van der Waals surface area contributed by atoms with E-state index in [9.17, 15) is 9.59 Å². The van der Waals surface area contributed by atoms with Gasteiger partial charge in [-0.25, -0.2) is 0 Å². The fourth-order valence-electron chi connectivity index (χ4n) is 6.38. The molecule has 6 aromatic rings. The highest BCUT2D eigenvalue weighted by Gasteiger charge is 2.33. The highest BCUT2D eigenvalue weighted by molar-refractivity contribution is 6.41. The van der Waals surface area contributed by atoms with Gasteiger partial charge in [0.25, 0.3) is 0 Å². The van der Waals surface area contributed by atoms with E-state index in [-0.39, 0.29) is 28.0 Å². The smallest absolute Gasteiger partial charge is 0.207 e. The number of ketones is 2. The van der Waals surface area contributed by atoms with Crippen molar-refractivity contribution in [3.8, 4) is 5.88 Å². The number of aromatic nitrogens is 2. The molecule has 0 amide bonds. The molecule has 3 heterocycles. The average Bonchev–Trinajstić information content (AvgIpc) is 3.66. The average molecular weight is 569 g/mol. The summed E-state index contributed by atoms with van der Waals surface area (Å²) < 4.78 is 10.9. The second-order valence-electron chi connectivity index (χ2n) is 13.7. The zero-order chi connectivity index (χ0) is 30.4. The molecule has 0 saturated carbocycles. The molecule has 3 aromatic carbocycles. The number of allylic oxidation sites excluding steroid dienone is 1. The van der Waals surface area contributed by atoms with E-state index in [4.69, 9.17) is 4.42 Å². The van der Waals surface area contributed by atoms with Crippen molar-refractivity contribution in [2.45, 2.75) is 65.8 Å². The van der Waals surface area contributed by atoms with E-state index in [1.165, 1.54) is 21.9 Å². The van der Waals surface area contributed by atoms with Gasteiger partial charge >= 0.3 is 0 Å². The Balaban J connectivity index is 1.41. The van der Waals surface area contributed by atoms with Crippen LogP contribution in [0.2, 0.25) is 0 Å². The van der Waals surface area contributed by atoms with Crippen LogP contribution in [0.1, 0.15) is 86.0 Å². The topological polar surface area (TPSA) is 57.1 Å². The van der Waals surface area contributed by atoms with Crippen molar-refractivity contribution in [2.75, 3.05) is 0 Å². The van der Waals surface area contributed by atoms with E-state index in [2.05, 4.69) is 100 Å². The fourth-order valence-corrected chi connectivity index (χ4v) is 6.38. The van der Waals surface area contributed by atoms with E-state index >= 15 is 0 Å². The molecule has 0 bridgehead atoms. The third-order valence-electron chi connectivity index (χ3n) is 8.84. The Hall–Kier alpha value is -4.64. The summed E-state index contributed by atoms with van der Waals surface area (Å²) in [5, 5.41) is 2.41. The molecular weight excluding hydrogens is 532 g/mol. The molecule has 0 unspecified atom stereocenters. The lowest BCUT2D eigenvalue weighted by atomic mass is 9.85. The maximum Gasteiger partial charge on any atom is 0.207 e. The Morgan fingerprint density at radius 2 is 1.23 bits per heavy atom. The number of carbonyl (C=O) groups is 2. The Kier molecular flexibility index (Phi) is 5.81. The van der Waals surface area contributed by atoms with Gasteiger partial charge in [-0.1, -0.05) is 77.9 Å². The maximum atomic E-state index is 13.1. The number of rotatable bonds is 3. The third-order valence-corrected chi connectivity index (χ3v) is 8.84. The second-order valence-corrected chi connectivity index (χ2v) is 13.7. The van der Waals surface area contributed by atoms with Crippen LogP contribution in [0.3, 0.4) is 0 Å². The molecule has 216 valence electrons. The predicted octanol–water partition coefficient (Wildman–Crippen LogP) is 9.41. The first-order chi connectivity index (χ1) is 20.4. The van der Waals surface area contributed by atoms with Gasteiger partial charge in [0.1, 0.15) is 0 Å². The van der Waals surface area contributed by atoms with Crippen LogP contribution in [0.25, 0.3) is 44.9 Å². The SMILES string of the molecule is CCn1c(C=C2C(=O)c3ccccc3C2=O)cc2oc(-n3c4ccc(C(C)(C)C)cc4c4cc(C(C)(C)C)ccc43)cc21. The third kappa shape index (κ3) is 4.13. The Bertz CT molecular complexity index is 2060. The van der Waals surface area contributed by atoms with Crippen molar-refractivity contribution < 1.29 is 14.0 Å². The Morgan fingerprint density at radius 3 is 1.72 bits per heavy atom. The van der Waals surface area contributed by atoms with Gasteiger partial charge in [0.2, 0.25) is 5.88 Å². The first-order valence-electron chi connectivity index (χ1n) is 15.0. The summed E-state index contributed by atoms with van der Waals surface area (Å²) in [6, 6.07) is 24.5. The molecule has 0 saturated heterocycles. The van der Waals surface area contributed by atoms with Crippen molar-refractivity contribution in [3.63, 3.8) is 0 Å². The lowest BCUT2D eigenvalue weighted by Crippen LogP contribution is -2.10. The number of hydrogen-bond donors (Lipinski definition) is 0. The molecular formula is C38H36N2O3. The largest absolute Gasteiger partial charge is 0.438 e. The van der Waals surface area contributed by atoms with Crippen molar-refractivity contribution in [3.05, 3.63) is 106 Å². The van der Waals surface area contributed by atoms with Crippen LogP contribution in [0.15, 0.2) is 82.8 Å². The van der Waals surface area contributed by atoms with Gasteiger partial charge in [-0.05, 0) is 59.2 Å². The van der Waals surface area contributed by atoms with Crippen LogP contribution < -0.4 is 0 Å². The van der Waals surface area contributed by atoms with Crippen molar-refractivity contribution in [1.29, 1.82) is 0 Å². The molecule has 0 N–H and O–H groups in total. The van der Waals surface area contributed by atoms with Crippen LogP contribution >= 0.6 is 0 Å². The van der Waals surface area contributed by atoms with Crippen molar-refractivity contribution >= 4 is 50.5 Å². The summed E-state index contributed by atoms with van der Waals surface area (Å²) in [6.07, 6.45) is 1.71. The second kappa shape index (κ2) is 9.18. The quantitative estimate of drug-likeness (QED) is 0.158. The van der Waals surface area contributed by atoms with Gasteiger partial charge < -0.3 is 8.98 Å². The molecule has 0 aliphatic heterocycles. The summed E-state index contributed by atoms with van der Waals surface area (Å²) in [5.41, 5.74) is 8.36. The van der Waals surface area contributed by atoms with Crippen LogP contribution in [0, 0.1) is 0 Å². The highest BCUT2D eigenvalue weighted by atomic mass is 16.4. The number of furan rings is 1. The van der Waals surface area contributed by atoms with Crippen molar-refractivity contribution in [2.24, 2.45) is 0 Å². The monoisotopic (exact) mass is 568 g/mol. The van der Waals surface area contributed by atoms with Gasteiger partial charge in [0, 0.05) is 46.3 Å². The first kappa shape index (κ1) is 27.2. The summed E-state index contributed by atoms with van der Waals surface area (Å²) in [4.78, 5) is 26.1. The van der Waals surface area contributed by atoms with Crippen molar-refractivity contribution in [1.82, 2.24) is 9.13 Å². The molecule has 5 nitrogen and oxygen atoms in total. The normalized spacial score (nSPS) is 14.1. The molecule has 3 aromatic heterocycles. The minimum Gasteiger partial charge on any atom is -0.438 e. The zero-order valence-electron chi connectivity index (χ0n) is 25.8. The molecule has 43 heavy (non-hydrogen) atoms. The predicted molar refractivity (Wildman–Crippen MR) is 175 cm³/mol. The minimum absolute atomic E-state index is 0.0247.